The van der Waals surface area contributed by atoms with Crippen LogP contribution in [0.15, 0.2) is 18.2 Å². The van der Waals surface area contributed by atoms with Crippen LogP contribution in [-0.4, -0.2) is 13.2 Å². The lowest BCUT2D eigenvalue weighted by molar-refractivity contribution is 0.730. The highest BCUT2D eigenvalue weighted by atomic mass is 15.4. The van der Waals surface area contributed by atoms with Gasteiger partial charge < -0.3 is 9.80 Å². The van der Waals surface area contributed by atoms with Gasteiger partial charge in [0.2, 0.25) is 0 Å². The van der Waals surface area contributed by atoms with Crippen molar-refractivity contribution in [3.63, 3.8) is 0 Å². The van der Waals surface area contributed by atoms with Crippen molar-refractivity contribution in [2.45, 2.75) is 40.8 Å². The molecule has 4 heteroatoms. The Morgan fingerprint density at radius 1 is 0.840 bits per heavy atom. The van der Waals surface area contributed by atoms with Gasteiger partial charge in [-0.1, -0.05) is 6.07 Å². The zero-order valence-corrected chi connectivity index (χ0v) is 15.6. The summed E-state index contributed by atoms with van der Waals surface area (Å²) in [6.07, 6.45) is 0.119. The van der Waals surface area contributed by atoms with E-state index in [1.54, 1.807) is 0 Å². The summed E-state index contributed by atoms with van der Waals surface area (Å²) in [6, 6.07) is 5.94. The topological polar surface area (TPSA) is 15.2 Å². The van der Waals surface area contributed by atoms with E-state index in [4.69, 9.17) is 13.1 Å². The molecule has 2 aromatic rings. The predicted octanol–water partition coefficient (Wildman–Crippen LogP) is 5.96. The Bertz CT molecular complexity index is 933. The molecule has 0 saturated heterocycles. The highest BCUT2D eigenvalue weighted by molar-refractivity contribution is 5.92. The van der Waals surface area contributed by atoms with Crippen LogP contribution in [0.25, 0.3) is 9.69 Å². The molecule has 0 radical (unpaired) electrons. The second-order valence-electron chi connectivity index (χ2n) is 6.77. The van der Waals surface area contributed by atoms with Crippen molar-refractivity contribution in [3.8, 4) is 0 Å². The second-order valence-corrected chi connectivity index (χ2v) is 6.77. The van der Waals surface area contributed by atoms with Gasteiger partial charge in [0, 0.05) is 18.4 Å². The Hall–Kier alpha value is -2.98. The minimum atomic E-state index is 0.119. The van der Waals surface area contributed by atoms with Crippen LogP contribution in [0.3, 0.4) is 0 Å². The average Bonchev–Trinajstić information content (AvgIpc) is 2.83. The zero-order chi connectivity index (χ0) is 18.5. The number of nitrogens with zero attached hydrogens (tertiary/aromatic N) is 4. The van der Waals surface area contributed by atoms with Crippen LogP contribution >= 0.6 is 0 Å². The first-order valence-electron chi connectivity index (χ1n) is 8.34. The van der Waals surface area contributed by atoms with Gasteiger partial charge in [-0.3, -0.25) is 9.69 Å². The molecule has 0 saturated carbocycles. The summed E-state index contributed by atoms with van der Waals surface area (Å²) in [6.45, 7) is 25.5. The molecule has 1 aliphatic heterocycles. The van der Waals surface area contributed by atoms with E-state index in [-0.39, 0.29) is 6.17 Å². The highest BCUT2D eigenvalue weighted by Crippen LogP contribution is 2.50. The lowest BCUT2D eigenvalue weighted by atomic mass is 9.97. The van der Waals surface area contributed by atoms with E-state index in [1.807, 2.05) is 19.2 Å². The summed E-state index contributed by atoms with van der Waals surface area (Å²) in [5.41, 5.74) is 9.11. The predicted molar refractivity (Wildman–Crippen MR) is 104 cm³/mol. The first-order chi connectivity index (χ1) is 11.8. The van der Waals surface area contributed by atoms with Crippen molar-refractivity contribution in [1.82, 2.24) is 0 Å². The van der Waals surface area contributed by atoms with Crippen molar-refractivity contribution in [3.05, 3.63) is 63.3 Å². The van der Waals surface area contributed by atoms with Crippen LogP contribution in [-0.2, 0) is 0 Å². The van der Waals surface area contributed by atoms with E-state index in [9.17, 15) is 0 Å². The van der Waals surface area contributed by atoms with Gasteiger partial charge in [-0.05, 0) is 69.0 Å². The molecule has 3 rings (SSSR count). The molecule has 1 aliphatic rings. The summed E-state index contributed by atoms with van der Waals surface area (Å²) in [7, 11) is 2.04. The maximum atomic E-state index is 7.42. The van der Waals surface area contributed by atoms with Gasteiger partial charge >= 0.3 is 0 Å². The lowest BCUT2D eigenvalue weighted by Crippen LogP contribution is -2.36. The van der Waals surface area contributed by atoms with Crippen LogP contribution < -0.4 is 9.80 Å². The van der Waals surface area contributed by atoms with Crippen molar-refractivity contribution >= 4 is 28.4 Å². The van der Waals surface area contributed by atoms with Gasteiger partial charge in [0.25, 0.3) is 0 Å². The fourth-order valence-corrected chi connectivity index (χ4v) is 3.65. The third kappa shape index (κ3) is 2.34. The molecule has 0 unspecified atom stereocenters. The molecule has 2 aromatic carbocycles. The monoisotopic (exact) mass is 330 g/mol. The largest absolute Gasteiger partial charge is 0.354 e. The lowest BCUT2D eigenvalue weighted by Gasteiger charge is -2.31. The second kappa shape index (κ2) is 5.83. The van der Waals surface area contributed by atoms with Gasteiger partial charge in [0.1, 0.15) is 6.17 Å². The van der Waals surface area contributed by atoms with Gasteiger partial charge in [0.15, 0.2) is 11.4 Å². The summed E-state index contributed by atoms with van der Waals surface area (Å²) < 4.78 is 0. The van der Waals surface area contributed by atoms with Gasteiger partial charge in [-0.2, -0.15) is 0 Å². The Morgan fingerprint density at radius 2 is 1.32 bits per heavy atom. The Morgan fingerprint density at radius 3 is 1.80 bits per heavy atom. The van der Waals surface area contributed by atoms with Gasteiger partial charge in [0.05, 0.1) is 18.8 Å². The number of aryl methyl sites for hydroxylation is 2. The van der Waals surface area contributed by atoms with E-state index < -0.39 is 0 Å². The molecule has 4 nitrogen and oxygen atoms in total. The van der Waals surface area contributed by atoms with E-state index in [0.29, 0.717) is 11.4 Å². The molecule has 0 fully saturated rings. The Labute approximate surface area is 149 Å². The van der Waals surface area contributed by atoms with E-state index >= 15 is 0 Å². The first kappa shape index (κ1) is 16.9. The number of anilines is 3. The highest BCUT2D eigenvalue weighted by Gasteiger charge is 2.34. The van der Waals surface area contributed by atoms with E-state index in [0.717, 1.165) is 11.4 Å². The molecule has 0 N–H and O–H groups in total. The standard InChI is InChI=1S/C21H22N4/c1-12-9-13(2)15(4)21(14(12)3)25-16(5)24(8)19-10-17(22-6)18(23-7)11-20(19)25/h9-11,16H,1-5,8H3/t16-/m0/s1. The normalized spacial score (nSPS) is 15.8. The average molecular weight is 330 g/mol. The minimum Gasteiger partial charge on any atom is -0.354 e. The Kier molecular flexibility index (Phi) is 3.93. The van der Waals surface area contributed by atoms with Gasteiger partial charge in [-0.25, -0.2) is 0 Å². The Balaban J connectivity index is 2.33. The smallest absolute Gasteiger partial charge is 0.196 e. The molecule has 126 valence electrons. The maximum Gasteiger partial charge on any atom is 0.196 e. The zero-order valence-electron chi connectivity index (χ0n) is 15.6. The SMILES string of the molecule is [C-]#[N+]c1cc2c(cc1[N+]#[C-])N(c1c(C)c(C)cc(C)c1C)[C@@H](C)N2C. The van der Waals surface area contributed by atoms with Crippen LogP contribution in [0.5, 0.6) is 0 Å². The quantitative estimate of drug-likeness (QED) is 0.600. The summed E-state index contributed by atoms with van der Waals surface area (Å²) in [5, 5.41) is 0. The molecule has 0 spiro atoms. The fourth-order valence-electron chi connectivity index (χ4n) is 3.65. The number of benzene rings is 2. The molecule has 0 aromatic heterocycles. The van der Waals surface area contributed by atoms with Crippen molar-refractivity contribution in [2.24, 2.45) is 0 Å². The van der Waals surface area contributed by atoms with Crippen LogP contribution in [0, 0.1) is 40.8 Å². The fraction of sp³-hybridized carbons (Fsp3) is 0.333. The maximum absolute atomic E-state index is 7.42. The van der Waals surface area contributed by atoms with Crippen LogP contribution in [0.1, 0.15) is 29.2 Å². The molecule has 25 heavy (non-hydrogen) atoms. The van der Waals surface area contributed by atoms with E-state index in [2.05, 4.69) is 60.2 Å². The molecular formula is C21H22N4. The number of hydrogen-bond donors (Lipinski definition) is 0. The van der Waals surface area contributed by atoms with Gasteiger partial charge in [-0.15, -0.1) is 0 Å². The molecular weight excluding hydrogens is 308 g/mol. The molecule has 0 aliphatic carbocycles. The third-order valence-electron chi connectivity index (χ3n) is 5.45. The molecule has 0 amide bonds. The van der Waals surface area contributed by atoms with Crippen LogP contribution in [0.4, 0.5) is 28.4 Å². The van der Waals surface area contributed by atoms with Crippen molar-refractivity contribution in [2.75, 3.05) is 16.8 Å². The molecule has 1 heterocycles. The first-order valence-corrected chi connectivity index (χ1v) is 8.34. The summed E-state index contributed by atoms with van der Waals surface area (Å²) in [5.74, 6) is 0. The summed E-state index contributed by atoms with van der Waals surface area (Å²) >= 11 is 0. The third-order valence-corrected chi connectivity index (χ3v) is 5.45. The van der Waals surface area contributed by atoms with E-state index in [1.165, 1.54) is 27.9 Å². The van der Waals surface area contributed by atoms with Crippen molar-refractivity contribution < 1.29 is 0 Å². The number of rotatable bonds is 1. The molecule has 0 bridgehead atoms. The number of hydrogen-bond acceptors (Lipinski definition) is 2. The summed E-state index contributed by atoms with van der Waals surface area (Å²) in [4.78, 5) is 11.6. The van der Waals surface area contributed by atoms with Crippen molar-refractivity contribution in [1.29, 1.82) is 0 Å². The molecule has 1 atom stereocenters. The van der Waals surface area contributed by atoms with Crippen LogP contribution in [0.2, 0.25) is 0 Å². The minimum absolute atomic E-state index is 0.119. The number of fused-ring (bicyclic) bond motifs is 1.